The van der Waals surface area contributed by atoms with Gasteiger partial charge in [0.1, 0.15) is 5.70 Å². The molecule has 0 unspecified atom stereocenters. The summed E-state index contributed by atoms with van der Waals surface area (Å²) >= 11 is 0. The molecule has 0 saturated carbocycles. The molecule has 12 heavy (non-hydrogen) atoms. The Kier molecular flexibility index (Phi) is 9.34. The molecule has 5 heteroatoms. The number of nitrogens with two attached hydrogens (primary N) is 2. The number of ether oxygens (including phenoxy) is 1. The van der Waals surface area contributed by atoms with Crippen molar-refractivity contribution in [2.45, 2.75) is 19.8 Å². The molecule has 0 aliphatic heterocycles. The second-order valence-corrected chi connectivity index (χ2v) is 2.11. The van der Waals surface area contributed by atoms with Gasteiger partial charge in [0.15, 0.2) is 0 Å². The van der Waals surface area contributed by atoms with Gasteiger partial charge >= 0.3 is 5.97 Å². The minimum Gasteiger partial charge on any atom is -0.461 e. The van der Waals surface area contributed by atoms with E-state index in [9.17, 15) is 4.79 Å². The Morgan fingerprint density at radius 3 is 2.58 bits per heavy atom. The molecule has 0 aromatic carbocycles. The summed E-state index contributed by atoms with van der Waals surface area (Å²) in [5, 5.41) is 0. The summed E-state index contributed by atoms with van der Waals surface area (Å²) in [5.74, 6) is -0.541. The van der Waals surface area contributed by atoms with Gasteiger partial charge in [0.2, 0.25) is 0 Å². The fourth-order valence-corrected chi connectivity index (χ4v) is 0.461. The van der Waals surface area contributed by atoms with E-state index >= 15 is 0 Å². The first-order chi connectivity index (χ1) is 5.22. The SMILES string of the molecule is CCCCOC(=O)/C(N)=C\N.Cl. The van der Waals surface area contributed by atoms with Crippen molar-refractivity contribution < 1.29 is 9.53 Å². The van der Waals surface area contributed by atoms with E-state index in [1.54, 1.807) is 0 Å². The lowest BCUT2D eigenvalue weighted by molar-refractivity contribution is -0.139. The first kappa shape index (κ1) is 13.7. The number of hydrogen-bond donors (Lipinski definition) is 2. The first-order valence-corrected chi connectivity index (χ1v) is 3.56. The molecule has 0 spiro atoms. The lowest BCUT2D eigenvalue weighted by Crippen LogP contribution is -2.16. The third kappa shape index (κ3) is 5.85. The summed E-state index contributed by atoms with van der Waals surface area (Å²) in [6, 6.07) is 0. The van der Waals surface area contributed by atoms with Crippen LogP contribution in [0.1, 0.15) is 19.8 Å². The Balaban J connectivity index is 0. The van der Waals surface area contributed by atoms with Crippen LogP contribution in [0.2, 0.25) is 0 Å². The quantitative estimate of drug-likeness (QED) is 0.388. The van der Waals surface area contributed by atoms with Gasteiger partial charge < -0.3 is 16.2 Å². The topological polar surface area (TPSA) is 78.3 Å². The zero-order valence-corrected chi connectivity index (χ0v) is 7.89. The average Bonchev–Trinajstić information content (AvgIpc) is 2.03. The second-order valence-electron chi connectivity index (χ2n) is 2.11. The normalized spacial score (nSPS) is 10.2. The molecule has 0 fully saturated rings. The van der Waals surface area contributed by atoms with Crippen LogP contribution < -0.4 is 11.5 Å². The molecule has 0 saturated heterocycles. The number of halogens is 1. The van der Waals surface area contributed by atoms with Crippen molar-refractivity contribution >= 4 is 18.4 Å². The minimum atomic E-state index is -0.541. The molecule has 4 N–H and O–H groups in total. The molecule has 0 bridgehead atoms. The summed E-state index contributed by atoms with van der Waals surface area (Å²) in [5.41, 5.74) is 10.1. The molecule has 0 aromatic heterocycles. The molecular weight excluding hydrogens is 180 g/mol. The van der Waals surface area contributed by atoms with Gasteiger partial charge in [0.25, 0.3) is 0 Å². The van der Waals surface area contributed by atoms with Gasteiger partial charge in [-0.3, -0.25) is 0 Å². The van der Waals surface area contributed by atoms with E-state index in [1.807, 2.05) is 6.92 Å². The zero-order valence-electron chi connectivity index (χ0n) is 7.08. The smallest absolute Gasteiger partial charge is 0.355 e. The number of unbranched alkanes of at least 4 members (excludes halogenated alkanes) is 1. The summed E-state index contributed by atoms with van der Waals surface area (Å²) in [7, 11) is 0. The summed E-state index contributed by atoms with van der Waals surface area (Å²) in [6.45, 7) is 2.42. The van der Waals surface area contributed by atoms with Crippen molar-refractivity contribution in [3.63, 3.8) is 0 Å². The van der Waals surface area contributed by atoms with Gasteiger partial charge in [0.05, 0.1) is 6.61 Å². The standard InChI is InChI=1S/C7H14N2O2.ClH/c1-2-3-4-11-7(10)6(9)5-8;/h5H,2-4,8-9H2,1H3;1H/b6-5+;. The maximum atomic E-state index is 10.8. The third-order valence-electron chi connectivity index (χ3n) is 1.15. The first-order valence-electron chi connectivity index (χ1n) is 3.56. The van der Waals surface area contributed by atoms with Gasteiger partial charge in [-0.1, -0.05) is 13.3 Å². The van der Waals surface area contributed by atoms with Gasteiger partial charge in [-0.25, -0.2) is 4.79 Å². The van der Waals surface area contributed by atoms with Crippen LogP contribution in [0.5, 0.6) is 0 Å². The van der Waals surface area contributed by atoms with Crippen LogP contribution in [0, 0.1) is 0 Å². The Morgan fingerprint density at radius 1 is 1.58 bits per heavy atom. The summed E-state index contributed by atoms with van der Waals surface area (Å²) in [4.78, 5) is 10.8. The Hall–Kier alpha value is -0.900. The summed E-state index contributed by atoms with van der Waals surface area (Å²) in [6.07, 6.45) is 2.87. The molecule has 0 aliphatic carbocycles. The highest BCUT2D eigenvalue weighted by molar-refractivity contribution is 5.87. The van der Waals surface area contributed by atoms with E-state index in [0.717, 1.165) is 19.0 Å². The van der Waals surface area contributed by atoms with Gasteiger partial charge in [-0.15, -0.1) is 12.4 Å². The van der Waals surface area contributed by atoms with Crippen molar-refractivity contribution in [3.05, 3.63) is 11.9 Å². The highest BCUT2D eigenvalue weighted by atomic mass is 35.5. The minimum absolute atomic E-state index is 0. The second kappa shape index (κ2) is 8.20. The van der Waals surface area contributed by atoms with Gasteiger partial charge in [-0.05, 0) is 6.42 Å². The van der Waals surface area contributed by atoms with Crippen LogP contribution in [0.3, 0.4) is 0 Å². The highest BCUT2D eigenvalue weighted by Crippen LogP contribution is 1.91. The lowest BCUT2D eigenvalue weighted by atomic mass is 10.4. The van der Waals surface area contributed by atoms with E-state index in [-0.39, 0.29) is 18.1 Å². The van der Waals surface area contributed by atoms with Crippen LogP contribution >= 0.6 is 12.4 Å². The van der Waals surface area contributed by atoms with E-state index in [4.69, 9.17) is 16.2 Å². The molecule has 4 nitrogen and oxygen atoms in total. The van der Waals surface area contributed by atoms with Gasteiger partial charge in [-0.2, -0.15) is 0 Å². The van der Waals surface area contributed by atoms with Crippen molar-refractivity contribution in [2.75, 3.05) is 6.61 Å². The molecular formula is C7H15ClN2O2. The van der Waals surface area contributed by atoms with Crippen LogP contribution in [0.25, 0.3) is 0 Å². The number of carbonyl (C=O) groups excluding carboxylic acids is 1. The maximum absolute atomic E-state index is 10.8. The zero-order chi connectivity index (χ0) is 8.69. The maximum Gasteiger partial charge on any atom is 0.355 e. The van der Waals surface area contributed by atoms with Crippen LogP contribution in [-0.2, 0) is 9.53 Å². The Labute approximate surface area is 78.3 Å². The third-order valence-corrected chi connectivity index (χ3v) is 1.15. The number of rotatable bonds is 4. The van der Waals surface area contributed by atoms with E-state index in [1.165, 1.54) is 0 Å². The largest absolute Gasteiger partial charge is 0.461 e. The van der Waals surface area contributed by atoms with Crippen LogP contribution in [0.4, 0.5) is 0 Å². The van der Waals surface area contributed by atoms with Crippen molar-refractivity contribution in [1.29, 1.82) is 0 Å². The average molecular weight is 195 g/mol. The number of hydrogen-bond acceptors (Lipinski definition) is 4. The predicted octanol–water partition coefficient (Wildman–Crippen LogP) is 0.510. The monoisotopic (exact) mass is 194 g/mol. The molecule has 0 amide bonds. The van der Waals surface area contributed by atoms with E-state index < -0.39 is 5.97 Å². The molecule has 0 aromatic rings. The molecule has 0 atom stereocenters. The predicted molar refractivity (Wildman–Crippen MR) is 49.6 cm³/mol. The van der Waals surface area contributed by atoms with Crippen LogP contribution in [-0.4, -0.2) is 12.6 Å². The fourth-order valence-electron chi connectivity index (χ4n) is 0.461. The van der Waals surface area contributed by atoms with Crippen LogP contribution in [0.15, 0.2) is 11.9 Å². The van der Waals surface area contributed by atoms with E-state index in [2.05, 4.69) is 0 Å². The lowest BCUT2D eigenvalue weighted by Gasteiger charge is -2.01. The Morgan fingerprint density at radius 2 is 2.17 bits per heavy atom. The number of carbonyl (C=O) groups is 1. The summed E-state index contributed by atoms with van der Waals surface area (Å²) < 4.78 is 4.72. The molecule has 0 heterocycles. The van der Waals surface area contributed by atoms with E-state index in [0.29, 0.717) is 6.61 Å². The van der Waals surface area contributed by atoms with Crippen molar-refractivity contribution in [2.24, 2.45) is 11.5 Å². The molecule has 0 aliphatic rings. The molecule has 0 radical (unpaired) electrons. The Bertz CT molecular complexity index is 159. The van der Waals surface area contributed by atoms with Gasteiger partial charge in [0, 0.05) is 6.20 Å². The molecule has 72 valence electrons. The van der Waals surface area contributed by atoms with Crippen molar-refractivity contribution in [1.82, 2.24) is 0 Å². The van der Waals surface area contributed by atoms with Crippen molar-refractivity contribution in [3.8, 4) is 0 Å². The molecule has 0 rings (SSSR count). The fraction of sp³-hybridized carbons (Fsp3) is 0.571. The highest BCUT2D eigenvalue weighted by Gasteiger charge is 2.03. The number of esters is 1.